The van der Waals surface area contributed by atoms with Gasteiger partial charge in [0.1, 0.15) is 5.76 Å². The third kappa shape index (κ3) is 5.23. The minimum atomic E-state index is -0.249. The van der Waals surface area contributed by atoms with E-state index >= 15 is 0 Å². The maximum atomic E-state index is 12.5. The lowest BCUT2D eigenvalue weighted by molar-refractivity contribution is -0.114. The Kier molecular flexibility index (Phi) is 6.49. The molecule has 0 bridgehead atoms. The predicted octanol–water partition coefficient (Wildman–Crippen LogP) is 4.33. The normalized spacial score (nSPS) is 10.4. The summed E-state index contributed by atoms with van der Waals surface area (Å²) >= 11 is 3.44. The topological polar surface area (TPSA) is 83.4 Å². The number of benzene rings is 2. The Morgan fingerprint density at radius 1 is 1.04 bits per heavy atom. The van der Waals surface area contributed by atoms with Crippen LogP contribution in [0.2, 0.25) is 0 Å². The van der Waals surface area contributed by atoms with E-state index in [1.165, 1.54) is 0 Å². The minimum Gasteiger partial charge on any atom is -0.467 e. The third-order valence-electron chi connectivity index (χ3n) is 4.01. The molecule has 0 saturated heterocycles. The molecule has 3 rings (SSSR count). The fraction of sp³-hybridized carbons (Fsp3) is 0.143. The van der Waals surface area contributed by atoms with Crippen LogP contribution in [0.4, 0.5) is 11.4 Å². The summed E-state index contributed by atoms with van der Waals surface area (Å²) in [7, 11) is 0. The SMILES string of the molecule is Cc1ccc(NC(=O)CNc2ccccc2C(=O)NCc2ccco2)c(Br)c1. The van der Waals surface area contributed by atoms with Crippen molar-refractivity contribution >= 4 is 39.1 Å². The van der Waals surface area contributed by atoms with Crippen LogP contribution in [-0.4, -0.2) is 18.4 Å². The number of halogens is 1. The molecule has 0 aliphatic carbocycles. The molecular weight excluding hydrogens is 422 g/mol. The lowest BCUT2D eigenvalue weighted by Gasteiger charge is -2.13. The van der Waals surface area contributed by atoms with Gasteiger partial charge in [-0.25, -0.2) is 0 Å². The summed E-state index contributed by atoms with van der Waals surface area (Å²) in [5, 5.41) is 8.67. The number of carbonyl (C=O) groups is 2. The molecule has 0 aliphatic rings. The number of para-hydroxylation sites is 1. The summed E-state index contributed by atoms with van der Waals surface area (Å²) < 4.78 is 6.03. The van der Waals surface area contributed by atoms with Crippen LogP contribution in [0.25, 0.3) is 0 Å². The number of aryl methyl sites for hydroxylation is 1. The van der Waals surface area contributed by atoms with Gasteiger partial charge in [-0.1, -0.05) is 18.2 Å². The molecule has 1 heterocycles. The number of rotatable bonds is 7. The van der Waals surface area contributed by atoms with Gasteiger partial charge in [0.05, 0.1) is 30.6 Å². The molecule has 1 aromatic heterocycles. The van der Waals surface area contributed by atoms with Crippen molar-refractivity contribution in [1.82, 2.24) is 5.32 Å². The summed E-state index contributed by atoms with van der Waals surface area (Å²) in [5.41, 5.74) is 2.83. The van der Waals surface area contributed by atoms with Gasteiger partial charge >= 0.3 is 0 Å². The van der Waals surface area contributed by atoms with Gasteiger partial charge in [-0.2, -0.15) is 0 Å². The minimum absolute atomic E-state index is 0.0305. The molecule has 6 nitrogen and oxygen atoms in total. The van der Waals surface area contributed by atoms with Crippen molar-refractivity contribution in [3.05, 3.63) is 82.2 Å². The number of hydrogen-bond acceptors (Lipinski definition) is 4. The highest BCUT2D eigenvalue weighted by molar-refractivity contribution is 9.10. The number of hydrogen-bond donors (Lipinski definition) is 3. The zero-order valence-corrected chi connectivity index (χ0v) is 16.9. The highest BCUT2D eigenvalue weighted by Gasteiger charge is 2.12. The molecule has 0 radical (unpaired) electrons. The molecule has 3 N–H and O–H groups in total. The monoisotopic (exact) mass is 441 g/mol. The first-order chi connectivity index (χ1) is 13.5. The Balaban J connectivity index is 1.59. The van der Waals surface area contributed by atoms with Gasteiger partial charge in [-0.05, 0) is 64.8 Å². The van der Waals surface area contributed by atoms with E-state index in [0.717, 1.165) is 10.0 Å². The van der Waals surface area contributed by atoms with E-state index in [2.05, 4.69) is 31.9 Å². The van der Waals surface area contributed by atoms with Crippen LogP contribution in [-0.2, 0) is 11.3 Å². The average molecular weight is 442 g/mol. The van der Waals surface area contributed by atoms with Crippen molar-refractivity contribution in [2.45, 2.75) is 13.5 Å². The zero-order valence-electron chi connectivity index (χ0n) is 15.3. The Morgan fingerprint density at radius 3 is 2.61 bits per heavy atom. The second-order valence-corrected chi connectivity index (χ2v) is 7.05. The van der Waals surface area contributed by atoms with Crippen LogP contribution >= 0.6 is 15.9 Å². The van der Waals surface area contributed by atoms with Gasteiger partial charge in [0.2, 0.25) is 5.91 Å². The fourth-order valence-corrected chi connectivity index (χ4v) is 3.19. The number of anilines is 2. The van der Waals surface area contributed by atoms with Gasteiger partial charge in [-0.15, -0.1) is 0 Å². The highest BCUT2D eigenvalue weighted by atomic mass is 79.9. The van der Waals surface area contributed by atoms with Crippen LogP contribution in [0.1, 0.15) is 21.7 Å². The van der Waals surface area contributed by atoms with Crippen LogP contribution in [0.5, 0.6) is 0 Å². The predicted molar refractivity (Wildman–Crippen MR) is 112 cm³/mol. The zero-order chi connectivity index (χ0) is 19.9. The fourth-order valence-electron chi connectivity index (χ4n) is 2.60. The molecule has 2 amide bonds. The summed E-state index contributed by atoms with van der Waals surface area (Å²) in [4.78, 5) is 24.8. The van der Waals surface area contributed by atoms with E-state index in [4.69, 9.17) is 4.42 Å². The third-order valence-corrected chi connectivity index (χ3v) is 4.67. The molecule has 0 spiro atoms. The summed E-state index contributed by atoms with van der Waals surface area (Å²) in [6.45, 7) is 2.30. The van der Waals surface area contributed by atoms with Gasteiger partial charge in [0.15, 0.2) is 0 Å². The molecule has 0 aliphatic heterocycles. The quantitative estimate of drug-likeness (QED) is 0.509. The van der Waals surface area contributed by atoms with Crippen molar-refractivity contribution in [2.75, 3.05) is 17.2 Å². The molecule has 7 heteroatoms. The van der Waals surface area contributed by atoms with Gasteiger partial charge in [0.25, 0.3) is 5.91 Å². The number of nitrogens with one attached hydrogen (secondary N) is 3. The molecule has 2 aromatic carbocycles. The van der Waals surface area contributed by atoms with Crippen LogP contribution in [0.3, 0.4) is 0 Å². The van der Waals surface area contributed by atoms with Gasteiger partial charge in [0, 0.05) is 10.2 Å². The summed E-state index contributed by atoms with van der Waals surface area (Å²) in [6.07, 6.45) is 1.56. The standard InChI is InChI=1S/C21H20BrN3O3/c1-14-8-9-19(17(22)11-14)25-20(26)13-23-18-7-3-2-6-16(18)21(27)24-12-15-5-4-10-28-15/h2-11,23H,12-13H2,1H3,(H,24,27)(H,25,26). The van der Waals surface area contributed by atoms with Gasteiger partial charge < -0.3 is 20.4 Å². The Labute approximate surface area is 171 Å². The van der Waals surface area contributed by atoms with Crippen molar-refractivity contribution < 1.29 is 14.0 Å². The van der Waals surface area contributed by atoms with Crippen molar-refractivity contribution in [3.8, 4) is 0 Å². The Morgan fingerprint density at radius 2 is 1.86 bits per heavy atom. The van der Waals surface area contributed by atoms with E-state index < -0.39 is 0 Å². The smallest absolute Gasteiger partial charge is 0.253 e. The first-order valence-electron chi connectivity index (χ1n) is 8.72. The number of carbonyl (C=O) groups excluding carboxylic acids is 2. The van der Waals surface area contributed by atoms with Crippen LogP contribution in [0, 0.1) is 6.92 Å². The molecule has 0 unspecified atom stereocenters. The second-order valence-electron chi connectivity index (χ2n) is 6.19. The van der Waals surface area contributed by atoms with E-state index in [-0.39, 0.29) is 18.4 Å². The lowest BCUT2D eigenvalue weighted by atomic mass is 10.1. The van der Waals surface area contributed by atoms with Crippen molar-refractivity contribution in [1.29, 1.82) is 0 Å². The maximum Gasteiger partial charge on any atom is 0.253 e. The number of furan rings is 1. The Hall–Kier alpha value is -3.06. The van der Waals surface area contributed by atoms with Crippen LogP contribution < -0.4 is 16.0 Å². The van der Waals surface area contributed by atoms with E-state index in [0.29, 0.717) is 29.2 Å². The molecule has 3 aromatic rings. The van der Waals surface area contributed by atoms with Crippen molar-refractivity contribution in [3.63, 3.8) is 0 Å². The molecule has 0 saturated carbocycles. The highest BCUT2D eigenvalue weighted by Crippen LogP contribution is 2.23. The Bertz CT molecular complexity index is 971. The van der Waals surface area contributed by atoms with Crippen LogP contribution in [0.15, 0.2) is 69.8 Å². The van der Waals surface area contributed by atoms with Gasteiger partial charge in [-0.3, -0.25) is 9.59 Å². The molecular formula is C21H20BrN3O3. The second kappa shape index (κ2) is 9.23. The first-order valence-corrected chi connectivity index (χ1v) is 9.51. The molecule has 28 heavy (non-hydrogen) atoms. The molecule has 144 valence electrons. The summed E-state index contributed by atoms with van der Waals surface area (Å²) in [5.74, 6) is 0.207. The largest absolute Gasteiger partial charge is 0.467 e. The van der Waals surface area contributed by atoms with E-state index in [1.807, 2.05) is 25.1 Å². The number of amides is 2. The average Bonchev–Trinajstić information content (AvgIpc) is 3.20. The molecule has 0 atom stereocenters. The first kappa shape index (κ1) is 19.7. The van der Waals surface area contributed by atoms with Crippen molar-refractivity contribution in [2.24, 2.45) is 0 Å². The summed E-state index contributed by atoms with van der Waals surface area (Å²) in [6, 6.07) is 16.3. The molecule has 0 fully saturated rings. The van der Waals surface area contributed by atoms with E-state index in [1.54, 1.807) is 42.7 Å². The lowest BCUT2D eigenvalue weighted by Crippen LogP contribution is -2.26. The maximum absolute atomic E-state index is 12.5. The van der Waals surface area contributed by atoms with E-state index in [9.17, 15) is 9.59 Å².